The maximum atomic E-state index is 12.4. The van der Waals surface area contributed by atoms with E-state index in [0.717, 1.165) is 0 Å². The van der Waals surface area contributed by atoms with Gasteiger partial charge in [0.2, 0.25) is 5.91 Å². The fraction of sp³-hybridized carbons (Fsp3) is 0.0870. The van der Waals surface area contributed by atoms with E-state index >= 15 is 0 Å². The van der Waals surface area contributed by atoms with Gasteiger partial charge >= 0.3 is 0 Å². The Morgan fingerprint density at radius 2 is 1.78 bits per heavy atom. The number of anilines is 2. The first-order valence-corrected chi connectivity index (χ1v) is 10.5. The Balaban J connectivity index is 1.30. The Kier molecular flexibility index (Phi) is 6.47. The lowest BCUT2D eigenvalue weighted by atomic mass is 10.2. The average Bonchev–Trinajstić information content (AvgIpc) is 3.48. The molecule has 0 bridgehead atoms. The van der Waals surface area contributed by atoms with Crippen LogP contribution in [0.2, 0.25) is 0 Å². The summed E-state index contributed by atoms with van der Waals surface area (Å²) in [6, 6.07) is 17.6. The van der Waals surface area contributed by atoms with E-state index in [4.69, 9.17) is 13.9 Å². The number of carbonyl (C=O) groups excluding carboxylic acids is 2. The first-order valence-electron chi connectivity index (χ1n) is 9.61. The molecule has 0 spiro atoms. The van der Waals surface area contributed by atoms with E-state index in [0.29, 0.717) is 33.8 Å². The number of methoxy groups -OCH3 is 1. The molecular formula is C23H19N3O5S. The summed E-state index contributed by atoms with van der Waals surface area (Å²) in [5.74, 6) is 1.42. The molecule has 2 N–H and O–H groups in total. The van der Waals surface area contributed by atoms with Crippen molar-refractivity contribution in [3.63, 3.8) is 0 Å². The molecule has 0 aliphatic heterocycles. The molecule has 162 valence electrons. The van der Waals surface area contributed by atoms with Crippen LogP contribution < -0.4 is 20.1 Å². The van der Waals surface area contributed by atoms with E-state index in [2.05, 4.69) is 15.6 Å². The van der Waals surface area contributed by atoms with Crippen molar-refractivity contribution < 1.29 is 23.5 Å². The van der Waals surface area contributed by atoms with E-state index in [9.17, 15) is 9.59 Å². The second kappa shape index (κ2) is 9.80. The van der Waals surface area contributed by atoms with Crippen LogP contribution in [0.1, 0.15) is 16.2 Å². The number of thiazole rings is 1. The van der Waals surface area contributed by atoms with Gasteiger partial charge in [0.1, 0.15) is 5.75 Å². The minimum absolute atomic E-state index is 0.0760. The molecule has 2 aromatic carbocycles. The molecule has 2 aromatic heterocycles. The van der Waals surface area contributed by atoms with Crippen LogP contribution in [0.5, 0.6) is 17.2 Å². The van der Waals surface area contributed by atoms with E-state index in [-0.39, 0.29) is 18.1 Å². The lowest BCUT2D eigenvalue weighted by Gasteiger charge is -2.10. The van der Waals surface area contributed by atoms with E-state index in [1.165, 1.54) is 17.6 Å². The zero-order valence-corrected chi connectivity index (χ0v) is 17.8. The lowest BCUT2D eigenvalue weighted by Crippen LogP contribution is -2.15. The molecule has 32 heavy (non-hydrogen) atoms. The molecule has 4 rings (SSSR count). The van der Waals surface area contributed by atoms with Crippen molar-refractivity contribution in [2.24, 2.45) is 0 Å². The highest BCUT2D eigenvalue weighted by atomic mass is 32.1. The SMILES string of the molecule is COc1ccccc1Oc1ccc(NC(=O)Cc2csc(NC(=O)c3ccco3)n2)cc1. The summed E-state index contributed by atoms with van der Waals surface area (Å²) in [5, 5.41) is 7.58. The van der Waals surface area contributed by atoms with Crippen LogP contribution in [0.15, 0.2) is 76.7 Å². The Labute approximate surface area is 187 Å². The quantitative estimate of drug-likeness (QED) is 0.394. The summed E-state index contributed by atoms with van der Waals surface area (Å²) in [6.45, 7) is 0. The third-order valence-corrected chi connectivity index (χ3v) is 5.10. The van der Waals surface area contributed by atoms with Crippen LogP contribution in [0.25, 0.3) is 0 Å². The molecule has 2 amide bonds. The predicted molar refractivity (Wildman–Crippen MR) is 121 cm³/mol. The van der Waals surface area contributed by atoms with Crippen LogP contribution in [0, 0.1) is 0 Å². The molecule has 9 heteroatoms. The number of benzene rings is 2. The van der Waals surface area contributed by atoms with Crippen LogP contribution in [0.4, 0.5) is 10.8 Å². The monoisotopic (exact) mass is 449 g/mol. The summed E-state index contributed by atoms with van der Waals surface area (Å²) >= 11 is 1.24. The van der Waals surface area contributed by atoms with Crippen molar-refractivity contribution in [2.75, 3.05) is 17.7 Å². The number of furan rings is 1. The van der Waals surface area contributed by atoms with Crippen molar-refractivity contribution in [1.82, 2.24) is 4.98 Å². The number of nitrogens with one attached hydrogen (secondary N) is 2. The van der Waals surface area contributed by atoms with Crippen molar-refractivity contribution >= 4 is 34.0 Å². The van der Waals surface area contributed by atoms with Gasteiger partial charge in [-0.25, -0.2) is 4.98 Å². The van der Waals surface area contributed by atoms with Gasteiger partial charge in [-0.3, -0.25) is 14.9 Å². The zero-order valence-electron chi connectivity index (χ0n) is 17.0. The van der Waals surface area contributed by atoms with Gasteiger partial charge in [0.25, 0.3) is 5.91 Å². The highest BCUT2D eigenvalue weighted by Crippen LogP contribution is 2.31. The number of para-hydroxylation sites is 2. The van der Waals surface area contributed by atoms with E-state index in [1.54, 1.807) is 48.9 Å². The van der Waals surface area contributed by atoms with Crippen molar-refractivity contribution in [1.29, 1.82) is 0 Å². The van der Waals surface area contributed by atoms with Crippen LogP contribution in [-0.4, -0.2) is 23.9 Å². The standard InChI is InChI=1S/C23H19N3O5S/c1-29-18-5-2-3-6-19(18)31-17-10-8-15(9-11-17)24-21(27)13-16-14-32-23(25-16)26-22(28)20-7-4-12-30-20/h2-12,14H,13H2,1H3,(H,24,27)(H,25,26,28). The molecule has 8 nitrogen and oxygen atoms in total. The van der Waals surface area contributed by atoms with Crippen molar-refractivity contribution in [3.05, 3.63) is 83.8 Å². The molecule has 0 radical (unpaired) electrons. The molecule has 4 aromatic rings. The number of ether oxygens (including phenoxy) is 2. The maximum absolute atomic E-state index is 12.4. The van der Waals surface area contributed by atoms with Gasteiger partial charge in [0.15, 0.2) is 22.4 Å². The first-order chi connectivity index (χ1) is 15.6. The lowest BCUT2D eigenvalue weighted by molar-refractivity contribution is -0.115. The highest BCUT2D eigenvalue weighted by molar-refractivity contribution is 7.14. The second-order valence-electron chi connectivity index (χ2n) is 6.58. The molecular weight excluding hydrogens is 430 g/mol. The maximum Gasteiger partial charge on any atom is 0.293 e. The second-order valence-corrected chi connectivity index (χ2v) is 7.44. The van der Waals surface area contributed by atoms with E-state index in [1.807, 2.05) is 24.3 Å². The summed E-state index contributed by atoms with van der Waals surface area (Å²) in [6.07, 6.45) is 1.50. The number of hydrogen-bond acceptors (Lipinski definition) is 7. The fourth-order valence-corrected chi connectivity index (χ4v) is 3.52. The first kappa shape index (κ1) is 21.1. The summed E-state index contributed by atoms with van der Waals surface area (Å²) in [5.41, 5.74) is 1.18. The Hall–Kier alpha value is -4.11. The minimum Gasteiger partial charge on any atom is -0.493 e. The fourth-order valence-electron chi connectivity index (χ4n) is 2.82. The molecule has 0 aliphatic carbocycles. The van der Waals surface area contributed by atoms with Gasteiger partial charge in [-0.2, -0.15) is 0 Å². The van der Waals surface area contributed by atoms with Gasteiger partial charge in [0.05, 0.1) is 25.5 Å². The van der Waals surface area contributed by atoms with Gasteiger partial charge in [-0.05, 0) is 48.5 Å². The van der Waals surface area contributed by atoms with Gasteiger partial charge < -0.3 is 19.2 Å². The smallest absolute Gasteiger partial charge is 0.293 e. The Morgan fingerprint density at radius 1 is 1.00 bits per heavy atom. The Bertz CT molecular complexity index is 1200. The molecule has 0 unspecified atom stereocenters. The van der Waals surface area contributed by atoms with Crippen molar-refractivity contribution in [3.8, 4) is 17.2 Å². The van der Waals surface area contributed by atoms with Crippen LogP contribution >= 0.6 is 11.3 Å². The molecule has 0 saturated heterocycles. The number of carbonyl (C=O) groups is 2. The third-order valence-electron chi connectivity index (χ3n) is 4.29. The normalized spacial score (nSPS) is 10.4. The van der Waals surface area contributed by atoms with Crippen LogP contribution in [0.3, 0.4) is 0 Å². The molecule has 0 aliphatic rings. The largest absolute Gasteiger partial charge is 0.493 e. The zero-order chi connectivity index (χ0) is 22.3. The molecule has 0 saturated carbocycles. The predicted octanol–water partition coefficient (Wildman–Crippen LogP) is 4.97. The van der Waals surface area contributed by atoms with Gasteiger partial charge in [-0.15, -0.1) is 11.3 Å². The number of hydrogen-bond donors (Lipinski definition) is 2. The number of rotatable bonds is 8. The van der Waals surface area contributed by atoms with Gasteiger partial charge in [-0.1, -0.05) is 12.1 Å². The number of amides is 2. The minimum atomic E-state index is -0.393. The summed E-state index contributed by atoms with van der Waals surface area (Å²) in [7, 11) is 1.58. The third kappa shape index (κ3) is 5.32. The van der Waals surface area contributed by atoms with Crippen molar-refractivity contribution in [2.45, 2.75) is 6.42 Å². The average molecular weight is 449 g/mol. The molecule has 0 atom stereocenters. The van der Waals surface area contributed by atoms with Gasteiger partial charge in [0, 0.05) is 11.1 Å². The summed E-state index contributed by atoms with van der Waals surface area (Å²) in [4.78, 5) is 28.6. The molecule has 0 fully saturated rings. The highest BCUT2D eigenvalue weighted by Gasteiger charge is 2.13. The Morgan fingerprint density at radius 3 is 2.50 bits per heavy atom. The number of aromatic nitrogens is 1. The van der Waals surface area contributed by atoms with E-state index < -0.39 is 5.91 Å². The van der Waals surface area contributed by atoms with Crippen LogP contribution in [-0.2, 0) is 11.2 Å². The number of nitrogens with zero attached hydrogens (tertiary/aromatic N) is 1. The summed E-state index contributed by atoms with van der Waals surface area (Å²) < 4.78 is 16.2. The molecule has 2 heterocycles. The topological polar surface area (TPSA) is 103 Å².